The number of rotatable bonds is 7. The van der Waals surface area contributed by atoms with Gasteiger partial charge in [-0.3, -0.25) is 9.48 Å². The van der Waals surface area contributed by atoms with Gasteiger partial charge in [0.2, 0.25) is 0 Å². The molecule has 1 N–H and O–H groups in total. The maximum atomic E-state index is 13.2. The molecule has 38 heavy (non-hydrogen) atoms. The molecule has 5 aromatic rings. The number of carbonyl (C=O) groups excluding carboxylic acids is 1. The molecule has 0 bridgehead atoms. The number of fused-ring (bicyclic) bond motifs is 1. The molecule has 0 aliphatic carbocycles. The molecule has 5 rings (SSSR count). The van der Waals surface area contributed by atoms with Crippen molar-refractivity contribution in [2.75, 3.05) is 7.11 Å². The molecule has 0 saturated heterocycles. The van der Waals surface area contributed by atoms with Crippen molar-refractivity contribution < 1.29 is 9.53 Å². The van der Waals surface area contributed by atoms with Gasteiger partial charge in [0.25, 0.3) is 5.91 Å². The lowest BCUT2D eigenvalue weighted by Gasteiger charge is -2.11. The first-order chi connectivity index (χ1) is 18.4. The molecule has 0 unspecified atom stereocenters. The first-order valence-corrected chi connectivity index (χ1v) is 12.9. The van der Waals surface area contributed by atoms with Crippen molar-refractivity contribution in [2.45, 2.75) is 20.4 Å². The fraction of sp³-hybridized carbons (Fsp3) is 0.133. The fourth-order valence-corrected chi connectivity index (χ4v) is 4.62. The molecule has 0 atom stereocenters. The molecule has 7 nitrogen and oxygen atoms in total. The molecule has 3 aromatic carbocycles. The third-order valence-electron chi connectivity index (χ3n) is 6.33. The number of para-hydroxylation sites is 1. The maximum Gasteiger partial charge on any atom is 0.272 e. The van der Waals surface area contributed by atoms with E-state index in [9.17, 15) is 4.79 Å². The van der Waals surface area contributed by atoms with Gasteiger partial charge >= 0.3 is 0 Å². The van der Waals surface area contributed by atoms with Gasteiger partial charge in [-0.15, -0.1) is 0 Å². The zero-order chi connectivity index (χ0) is 26.6. The normalized spacial score (nSPS) is 11.3. The molecule has 8 heteroatoms. The first-order valence-electron chi connectivity index (χ1n) is 12.1. The summed E-state index contributed by atoms with van der Waals surface area (Å²) >= 11 is 3.58. The number of carbonyl (C=O) groups is 1. The third kappa shape index (κ3) is 5.21. The summed E-state index contributed by atoms with van der Waals surface area (Å²) < 4.78 is 8.49. The van der Waals surface area contributed by atoms with E-state index in [-0.39, 0.29) is 5.91 Å². The van der Waals surface area contributed by atoms with Crippen LogP contribution in [0.5, 0.6) is 5.75 Å². The van der Waals surface area contributed by atoms with Crippen LogP contribution >= 0.6 is 15.9 Å². The lowest BCUT2D eigenvalue weighted by atomic mass is 10.0. The van der Waals surface area contributed by atoms with Crippen LogP contribution in [0.1, 0.15) is 32.9 Å². The zero-order valence-corrected chi connectivity index (χ0v) is 22.9. The van der Waals surface area contributed by atoms with Crippen molar-refractivity contribution in [3.8, 4) is 17.0 Å². The number of aryl methyl sites for hydroxylation is 1. The van der Waals surface area contributed by atoms with Gasteiger partial charge in [0, 0.05) is 16.5 Å². The summed E-state index contributed by atoms with van der Waals surface area (Å²) in [6, 6.07) is 25.0. The number of aromatic nitrogens is 3. The third-order valence-corrected chi connectivity index (χ3v) is 7.48. The average Bonchev–Trinajstić information content (AvgIpc) is 3.19. The van der Waals surface area contributed by atoms with Crippen molar-refractivity contribution in [1.82, 2.24) is 20.2 Å². The number of hydrogen-bond donors (Lipinski definition) is 1. The first kappa shape index (κ1) is 25.4. The zero-order valence-electron chi connectivity index (χ0n) is 21.3. The molecule has 0 saturated carbocycles. The van der Waals surface area contributed by atoms with E-state index >= 15 is 0 Å². The molecule has 0 radical (unpaired) electrons. The Morgan fingerprint density at radius 1 is 1.05 bits per heavy atom. The number of nitrogens with zero attached hydrogens (tertiary/aromatic N) is 4. The molecular formula is C30H26BrN5O2. The Morgan fingerprint density at radius 3 is 2.55 bits per heavy atom. The highest BCUT2D eigenvalue weighted by molar-refractivity contribution is 9.10. The second kappa shape index (κ2) is 11.0. The predicted octanol–water partition coefficient (Wildman–Crippen LogP) is 6.30. The van der Waals surface area contributed by atoms with E-state index < -0.39 is 0 Å². The number of benzene rings is 3. The molecule has 0 fully saturated rings. The molecule has 0 aliphatic rings. The molecule has 1 amide bonds. The van der Waals surface area contributed by atoms with E-state index in [0.29, 0.717) is 12.1 Å². The van der Waals surface area contributed by atoms with Crippen LogP contribution < -0.4 is 10.2 Å². The number of methoxy groups -OCH3 is 1. The summed E-state index contributed by atoms with van der Waals surface area (Å²) in [5, 5.41) is 9.62. The van der Waals surface area contributed by atoms with Gasteiger partial charge in [-0.1, -0.05) is 48.5 Å². The summed E-state index contributed by atoms with van der Waals surface area (Å²) in [6.45, 7) is 4.52. The Bertz CT molecular complexity index is 1660. The fourth-order valence-electron chi connectivity index (χ4n) is 4.34. The summed E-state index contributed by atoms with van der Waals surface area (Å²) in [7, 11) is 1.65. The van der Waals surface area contributed by atoms with Crippen LogP contribution in [0.25, 0.3) is 22.2 Å². The minimum Gasteiger partial charge on any atom is -0.496 e. The Labute approximate surface area is 229 Å². The highest BCUT2D eigenvalue weighted by Gasteiger charge is 2.14. The van der Waals surface area contributed by atoms with Crippen LogP contribution in [-0.4, -0.2) is 34.0 Å². The minimum absolute atomic E-state index is 0.307. The van der Waals surface area contributed by atoms with E-state index in [1.54, 1.807) is 19.4 Å². The molecule has 2 aromatic heterocycles. The Hall–Kier alpha value is -4.30. The van der Waals surface area contributed by atoms with E-state index in [1.807, 2.05) is 91.3 Å². The quantitative estimate of drug-likeness (QED) is 0.185. The van der Waals surface area contributed by atoms with Gasteiger partial charge in [-0.05, 0) is 65.7 Å². The van der Waals surface area contributed by atoms with Crippen molar-refractivity contribution >= 4 is 39.0 Å². The van der Waals surface area contributed by atoms with E-state index in [1.165, 1.54) is 0 Å². The lowest BCUT2D eigenvalue weighted by molar-refractivity contribution is 0.0956. The smallest absolute Gasteiger partial charge is 0.272 e. The predicted molar refractivity (Wildman–Crippen MR) is 154 cm³/mol. The van der Waals surface area contributed by atoms with Gasteiger partial charge in [-0.2, -0.15) is 10.2 Å². The van der Waals surface area contributed by atoms with Crippen LogP contribution in [0.3, 0.4) is 0 Å². The molecule has 0 aliphatic heterocycles. The van der Waals surface area contributed by atoms with Crippen LogP contribution in [0.2, 0.25) is 0 Å². The topological polar surface area (TPSA) is 81.4 Å². The summed E-state index contributed by atoms with van der Waals surface area (Å²) in [5.74, 6) is 0.449. The van der Waals surface area contributed by atoms with E-state index in [4.69, 9.17) is 9.72 Å². The number of halogens is 1. The standard InChI is InChI=1S/C30H26BrN5O2/c1-19-29(31)20(2)36(35-19)18-23-15-21(13-14-28(23)38-3)17-32-34-30(37)25-16-27(22-9-5-4-6-10-22)33-26-12-8-7-11-24(25)26/h4-17H,18H2,1-3H3,(H,34,37). The van der Waals surface area contributed by atoms with Gasteiger partial charge < -0.3 is 4.74 Å². The number of nitrogens with one attached hydrogen (secondary N) is 1. The maximum absolute atomic E-state index is 13.2. The second-order valence-electron chi connectivity index (χ2n) is 8.85. The van der Waals surface area contributed by atoms with Crippen molar-refractivity contribution in [2.24, 2.45) is 5.10 Å². The average molecular weight is 568 g/mol. The monoisotopic (exact) mass is 567 g/mol. The number of hydrazone groups is 1. The van der Waals surface area contributed by atoms with Gasteiger partial charge in [0.15, 0.2) is 0 Å². The SMILES string of the molecule is COc1ccc(C=NNC(=O)c2cc(-c3ccccc3)nc3ccccc23)cc1Cn1nc(C)c(Br)c1C. The Balaban J connectivity index is 1.39. The van der Waals surface area contributed by atoms with Crippen LogP contribution in [0.4, 0.5) is 0 Å². The van der Waals surface area contributed by atoms with E-state index in [0.717, 1.165) is 54.9 Å². The molecule has 190 valence electrons. The van der Waals surface area contributed by atoms with Crippen molar-refractivity contribution in [3.63, 3.8) is 0 Å². The second-order valence-corrected chi connectivity index (χ2v) is 9.64. The molecular weight excluding hydrogens is 542 g/mol. The Kier molecular flexibility index (Phi) is 7.33. The highest BCUT2D eigenvalue weighted by Crippen LogP contribution is 2.26. The molecule has 2 heterocycles. The minimum atomic E-state index is -0.307. The van der Waals surface area contributed by atoms with Crippen molar-refractivity contribution in [3.05, 3.63) is 111 Å². The van der Waals surface area contributed by atoms with Gasteiger partial charge in [0.1, 0.15) is 5.75 Å². The van der Waals surface area contributed by atoms with Crippen molar-refractivity contribution in [1.29, 1.82) is 0 Å². The van der Waals surface area contributed by atoms with Gasteiger partial charge in [-0.25, -0.2) is 10.4 Å². The highest BCUT2D eigenvalue weighted by atomic mass is 79.9. The summed E-state index contributed by atoms with van der Waals surface area (Å²) in [6.07, 6.45) is 1.62. The van der Waals surface area contributed by atoms with E-state index in [2.05, 4.69) is 31.6 Å². The largest absolute Gasteiger partial charge is 0.496 e. The summed E-state index contributed by atoms with van der Waals surface area (Å²) in [4.78, 5) is 18.0. The summed E-state index contributed by atoms with van der Waals surface area (Å²) in [5.41, 5.74) is 9.36. The number of ether oxygens (including phenoxy) is 1. The number of hydrogen-bond acceptors (Lipinski definition) is 5. The Morgan fingerprint density at radius 2 is 1.82 bits per heavy atom. The number of amides is 1. The lowest BCUT2D eigenvalue weighted by Crippen LogP contribution is -2.18. The number of pyridine rings is 1. The van der Waals surface area contributed by atoms with Crippen LogP contribution in [0, 0.1) is 13.8 Å². The van der Waals surface area contributed by atoms with Gasteiger partial charge in [0.05, 0.1) is 52.5 Å². The molecule has 0 spiro atoms. The van der Waals surface area contributed by atoms with Crippen LogP contribution in [-0.2, 0) is 6.54 Å². The van der Waals surface area contributed by atoms with Crippen LogP contribution in [0.15, 0.2) is 88.4 Å².